The molecule has 0 atom stereocenters. The van der Waals surface area contributed by atoms with Crippen LogP contribution in [0.25, 0.3) is 0 Å². The molecule has 0 aliphatic carbocycles. The van der Waals surface area contributed by atoms with Gasteiger partial charge in [-0.3, -0.25) is 0 Å². The Morgan fingerprint density at radius 1 is 1.11 bits per heavy atom. The Bertz CT molecular complexity index is 312. The first-order valence-corrected chi connectivity index (χ1v) is 7.66. The lowest BCUT2D eigenvalue weighted by Gasteiger charge is -2.16. The molecule has 0 unspecified atom stereocenters. The maximum absolute atomic E-state index is 5.64. The maximum atomic E-state index is 5.64. The van der Waals surface area contributed by atoms with E-state index in [1.54, 1.807) is 0 Å². The van der Waals surface area contributed by atoms with Gasteiger partial charge in [-0.25, -0.2) is 0 Å². The van der Waals surface area contributed by atoms with Crippen LogP contribution in [0.4, 0.5) is 0 Å². The topological polar surface area (TPSA) is 12.5 Å². The van der Waals surface area contributed by atoms with Crippen molar-refractivity contribution in [1.29, 1.82) is 0 Å². The molecular formula is C17H31NO. The minimum atomic E-state index is 0.801. The van der Waals surface area contributed by atoms with E-state index >= 15 is 0 Å². The van der Waals surface area contributed by atoms with Crippen molar-refractivity contribution in [3.8, 4) is 5.75 Å². The van der Waals surface area contributed by atoms with Gasteiger partial charge < -0.3 is 9.64 Å². The molecule has 1 rings (SSSR count). The molecule has 110 valence electrons. The van der Waals surface area contributed by atoms with Crippen molar-refractivity contribution in [3.05, 3.63) is 29.8 Å². The Balaban J connectivity index is 0.00000154. The van der Waals surface area contributed by atoms with Crippen molar-refractivity contribution in [2.75, 3.05) is 20.2 Å². The van der Waals surface area contributed by atoms with E-state index in [1.807, 2.05) is 19.9 Å². The molecule has 0 bridgehead atoms. The van der Waals surface area contributed by atoms with Crippen LogP contribution in [-0.4, -0.2) is 25.1 Å². The van der Waals surface area contributed by atoms with E-state index in [0.29, 0.717) is 0 Å². The summed E-state index contributed by atoms with van der Waals surface area (Å²) in [5, 5.41) is 0. The van der Waals surface area contributed by atoms with Gasteiger partial charge in [0.15, 0.2) is 0 Å². The summed E-state index contributed by atoms with van der Waals surface area (Å²) in [6, 6.07) is 8.43. The van der Waals surface area contributed by atoms with E-state index < -0.39 is 0 Å². The number of unbranched alkanes of at least 4 members (excludes halogenated alkanes) is 1. The molecule has 1 aromatic carbocycles. The van der Waals surface area contributed by atoms with Gasteiger partial charge in [-0.05, 0) is 44.1 Å². The lowest BCUT2D eigenvalue weighted by Crippen LogP contribution is -2.18. The van der Waals surface area contributed by atoms with Gasteiger partial charge in [-0.15, -0.1) is 0 Å². The fraction of sp³-hybridized carbons (Fsp3) is 0.647. The highest BCUT2D eigenvalue weighted by Crippen LogP contribution is 2.15. The molecule has 0 amide bonds. The highest BCUT2D eigenvalue weighted by Gasteiger charge is 2.01. The zero-order chi connectivity index (χ0) is 14.5. The third-order valence-corrected chi connectivity index (χ3v) is 2.72. The standard InChI is InChI=1S/C15H25NO.C2H6/c1-4-6-10-16(3)13-14-8-7-9-15(12-14)17-11-5-2;1-2/h7-9,12H,4-6,10-11,13H2,1-3H3;1-2H3. The molecule has 0 spiro atoms. The summed E-state index contributed by atoms with van der Waals surface area (Å²) >= 11 is 0. The largest absolute Gasteiger partial charge is 0.494 e. The van der Waals surface area contributed by atoms with Gasteiger partial charge in [0.25, 0.3) is 0 Å². The van der Waals surface area contributed by atoms with Crippen LogP contribution < -0.4 is 4.74 Å². The lowest BCUT2D eigenvalue weighted by atomic mass is 10.2. The molecule has 0 aliphatic rings. The zero-order valence-electron chi connectivity index (χ0n) is 13.4. The normalized spacial score (nSPS) is 10.0. The molecule has 0 aromatic heterocycles. The van der Waals surface area contributed by atoms with Gasteiger partial charge in [-0.2, -0.15) is 0 Å². The summed E-state index contributed by atoms with van der Waals surface area (Å²) in [7, 11) is 2.18. The number of benzene rings is 1. The predicted molar refractivity (Wildman–Crippen MR) is 84.8 cm³/mol. The number of hydrogen-bond acceptors (Lipinski definition) is 2. The Kier molecular flexibility index (Phi) is 11.4. The fourth-order valence-electron chi connectivity index (χ4n) is 1.77. The van der Waals surface area contributed by atoms with Gasteiger partial charge in [0, 0.05) is 6.54 Å². The molecule has 19 heavy (non-hydrogen) atoms. The van der Waals surface area contributed by atoms with Crippen molar-refractivity contribution < 1.29 is 4.74 Å². The fourth-order valence-corrected chi connectivity index (χ4v) is 1.77. The predicted octanol–water partition coefficient (Wildman–Crippen LogP) is 4.73. The van der Waals surface area contributed by atoms with E-state index in [9.17, 15) is 0 Å². The van der Waals surface area contributed by atoms with E-state index in [-0.39, 0.29) is 0 Å². The highest BCUT2D eigenvalue weighted by atomic mass is 16.5. The second-order valence-electron chi connectivity index (χ2n) is 4.59. The first-order valence-electron chi connectivity index (χ1n) is 7.66. The van der Waals surface area contributed by atoms with Crippen LogP contribution in [0, 0.1) is 0 Å². The smallest absolute Gasteiger partial charge is 0.119 e. The first-order chi connectivity index (χ1) is 9.26. The summed E-state index contributed by atoms with van der Waals surface area (Å²) in [6.07, 6.45) is 3.58. The second kappa shape index (κ2) is 12.0. The molecular weight excluding hydrogens is 234 g/mol. The van der Waals surface area contributed by atoms with Gasteiger partial charge in [-0.1, -0.05) is 46.2 Å². The molecule has 1 aromatic rings. The number of rotatable bonds is 8. The van der Waals surface area contributed by atoms with Crippen molar-refractivity contribution in [3.63, 3.8) is 0 Å². The Hall–Kier alpha value is -1.02. The van der Waals surface area contributed by atoms with Crippen LogP contribution in [0.5, 0.6) is 5.75 Å². The quantitative estimate of drug-likeness (QED) is 0.673. The summed E-state index contributed by atoms with van der Waals surface area (Å²) < 4.78 is 5.64. The van der Waals surface area contributed by atoms with E-state index in [1.165, 1.54) is 18.4 Å². The van der Waals surface area contributed by atoms with Crippen molar-refractivity contribution in [1.82, 2.24) is 4.90 Å². The van der Waals surface area contributed by atoms with Gasteiger partial charge in [0.1, 0.15) is 5.75 Å². The van der Waals surface area contributed by atoms with Crippen LogP contribution in [0.15, 0.2) is 24.3 Å². The van der Waals surface area contributed by atoms with Gasteiger partial charge in [0.2, 0.25) is 0 Å². The lowest BCUT2D eigenvalue weighted by molar-refractivity contribution is 0.310. The zero-order valence-corrected chi connectivity index (χ0v) is 13.4. The van der Waals surface area contributed by atoms with Crippen molar-refractivity contribution in [2.45, 2.75) is 53.5 Å². The summed E-state index contributed by atoms with van der Waals surface area (Å²) in [5.74, 6) is 0.994. The van der Waals surface area contributed by atoms with Crippen molar-refractivity contribution >= 4 is 0 Å². The van der Waals surface area contributed by atoms with Crippen LogP contribution in [-0.2, 0) is 6.54 Å². The van der Waals surface area contributed by atoms with Crippen LogP contribution in [0.1, 0.15) is 52.5 Å². The minimum Gasteiger partial charge on any atom is -0.494 e. The summed E-state index contributed by atoms with van der Waals surface area (Å²) in [5.41, 5.74) is 1.33. The van der Waals surface area contributed by atoms with Crippen LogP contribution in [0.2, 0.25) is 0 Å². The SMILES string of the molecule is CC.CCCCN(C)Cc1cccc(OCCC)c1. The summed E-state index contributed by atoms with van der Waals surface area (Å²) in [4.78, 5) is 2.36. The Labute approximate surface area is 119 Å². The molecule has 0 radical (unpaired) electrons. The van der Waals surface area contributed by atoms with E-state index in [0.717, 1.165) is 31.9 Å². The number of nitrogens with zero attached hydrogens (tertiary/aromatic N) is 1. The molecule has 0 N–H and O–H groups in total. The molecule has 0 fully saturated rings. The molecule has 0 saturated heterocycles. The van der Waals surface area contributed by atoms with Gasteiger partial charge in [0.05, 0.1) is 6.61 Å². The second-order valence-corrected chi connectivity index (χ2v) is 4.59. The van der Waals surface area contributed by atoms with Crippen molar-refractivity contribution in [2.24, 2.45) is 0 Å². The first kappa shape index (κ1) is 18.0. The minimum absolute atomic E-state index is 0.801. The van der Waals surface area contributed by atoms with Gasteiger partial charge >= 0.3 is 0 Å². The molecule has 0 heterocycles. The summed E-state index contributed by atoms with van der Waals surface area (Å²) in [6.45, 7) is 11.3. The van der Waals surface area contributed by atoms with E-state index in [2.05, 4.69) is 44.0 Å². The molecule has 0 saturated carbocycles. The Morgan fingerprint density at radius 3 is 2.47 bits per heavy atom. The molecule has 0 aliphatic heterocycles. The number of hydrogen-bond donors (Lipinski definition) is 0. The highest BCUT2D eigenvalue weighted by molar-refractivity contribution is 5.28. The van der Waals surface area contributed by atoms with E-state index in [4.69, 9.17) is 4.74 Å². The third kappa shape index (κ3) is 8.66. The maximum Gasteiger partial charge on any atom is 0.119 e. The van der Waals surface area contributed by atoms with Crippen LogP contribution in [0.3, 0.4) is 0 Å². The number of ether oxygens (including phenoxy) is 1. The van der Waals surface area contributed by atoms with Crippen LogP contribution >= 0.6 is 0 Å². The monoisotopic (exact) mass is 265 g/mol. The third-order valence-electron chi connectivity index (χ3n) is 2.72. The average molecular weight is 265 g/mol. The molecule has 2 nitrogen and oxygen atoms in total. The Morgan fingerprint density at radius 2 is 1.84 bits per heavy atom. The molecule has 2 heteroatoms. The average Bonchev–Trinajstić information content (AvgIpc) is 2.45.